The van der Waals surface area contributed by atoms with E-state index in [4.69, 9.17) is 9.47 Å². The summed E-state index contributed by atoms with van der Waals surface area (Å²) in [5.74, 6) is -0.386. The molecular formula is C16H14BrNO4. The van der Waals surface area contributed by atoms with Crippen LogP contribution < -0.4 is 10.1 Å². The molecule has 6 heteroatoms. The number of methoxy groups -OCH3 is 2. The largest absolute Gasteiger partial charge is 0.497 e. The summed E-state index contributed by atoms with van der Waals surface area (Å²) in [6, 6.07) is 11.8. The first-order valence-corrected chi connectivity index (χ1v) is 7.18. The van der Waals surface area contributed by atoms with Crippen LogP contribution in [-0.4, -0.2) is 26.1 Å². The first-order valence-electron chi connectivity index (χ1n) is 6.39. The zero-order valence-electron chi connectivity index (χ0n) is 12.1. The maximum Gasteiger partial charge on any atom is 0.340 e. The smallest absolute Gasteiger partial charge is 0.340 e. The van der Waals surface area contributed by atoms with Crippen molar-refractivity contribution in [3.05, 3.63) is 58.1 Å². The number of carbonyl (C=O) groups is 2. The normalized spacial score (nSPS) is 9.95. The summed E-state index contributed by atoms with van der Waals surface area (Å²) in [6.07, 6.45) is 0. The quantitative estimate of drug-likeness (QED) is 0.844. The number of nitrogens with one attached hydrogen (secondary N) is 1. The van der Waals surface area contributed by atoms with Crippen LogP contribution in [0.2, 0.25) is 0 Å². The fraction of sp³-hybridized carbons (Fsp3) is 0.125. The van der Waals surface area contributed by atoms with E-state index in [9.17, 15) is 9.59 Å². The van der Waals surface area contributed by atoms with Gasteiger partial charge in [0.2, 0.25) is 0 Å². The van der Waals surface area contributed by atoms with Crippen LogP contribution in [0.3, 0.4) is 0 Å². The predicted octanol–water partition coefficient (Wildman–Crippen LogP) is 3.50. The number of hydrogen-bond donors (Lipinski definition) is 1. The molecule has 22 heavy (non-hydrogen) atoms. The molecule has 5 nitrogen and oxygen atoms in total. The molecule has 2 aromatic rings. The Bertz CT molecular complexity index is 715. The molecule has 0 saturated heterocycles. The van der Waals surface area contributed by atoms with E-state index in [-0.39, 0.29) is 11.5 Å². The number of benzene rings is 2. The van der Waals surface area contributed by atoms with Crippen molar-refractivity contribution in [1.82, 2.24) is 0 Å². The van der Waals surface area contributed by atoms with Crippen molar-refractivity contribution in [2.24, 2.45) is 0 Å². The Hall–Kier alpha value is -2.34. The van der Waals surface area contributed by atoms with E-state index in [1.807, 2.05) is 6.07 Å². The van der Waals surface area contributed by atoms with Crippen LogP contribution in [0.25, 0.3) is 0 Å². The van der Waals surface area contributed by atoms with Crippen LogP contribution in [0, 0.1) is 0 Å². The van der Waals surface area contributed by atoms with E-state index in [1.165, 1.54) is 20.3 Å². The minimum absolute atomic E-state index is 0.224. The van der Waals surface area contributed by atoms with Gasteiger partial charge < -0.3 is 14.8 Å². The van der Waals surface area contributed by atoms with Crippen molar-refractivity contribution in [3.63, 3.8) is 0 Å². The van der Waals surface area contributed by atoms with E-state index in [1.54, 1.807) is 30.3 Å². The van der Waals surface area contributed by atoms with E-state index < -0.39 is 5.97 Å². The topological polar surface area (TPSA) is 64.6 Å². The molecular weight excluding hydrogens is 350 g/mol. The summed E-state index contributed by atoms with van der Waals surface area (Å²) in [6.45, 7) is 0. The average molecular weight is 364 g/mol. The maximum atomic E-state index is 12.3. The molecule has 0 spiro atoms. The van der Waals surface area contributed by atoms with Crippen LogP contribution in [-0.2, 0) is 4.74 Å². The second-order valence-corrected chi connectivity index (χ2v) is 5.19. The Morgan fingerprint density at radius 2 is 1.77 bits per heavy atom. The molecule has 0 radical (unpaired) electrons. The molecule has 0 aliphatic heterocycles. The first kappa shape index (κ1) is 16.0. The standard InChI is InChI=1S/C16H14BrNO4/c1-21-10-7-8-14(12(9-10)16(20)22-2)18-15(19)11-5-3-4-6-13(11)17/h3-9H,1-2H3,(H,18,19). The molecule has 0 aromatic heterocycles. The zero-order valence-corrected chi connectivity index (χ0v) is 13.6. The highest BCUT2D eigenvalue weighted by Gasteiger charge is 2.17. The molecule has 1 amide bonds. The fourth-order valence-corrected chi connectivity index (χ4v) is 2.34. The number of anilines is 1. The third-order valence-corrected chi connectivity index (χ3v) is 3.69. The molecule has 2 aromatic carbocycles. The van der Waals surface area contributed by atoms with Crippen molar-refractivity contribution < 1.29 is 19.1 Å². The number of ether oxygens (including phenoxy) is 2. The van der Waals surface area contributed by atoms with E-state index >= 15 is 0 Å². The fourth-order valence-electron chi connectivity index (χ4n) is 1.87. The zero-order chi connectivity index (χ0) is 16.1. The monoisotopic (exact) mass is 363 g/mol. The lowest BCUT2D eigenvalue weighted by atomic mass is 10.1. The highest BCUT2D eigenvalue weighted by Crippen LogP contribution is 2.24. The third-order valence-electron chi connectivity index (χ3n) is 3.00. The number of amides is 1. The highest BCUT2D eigenvalue weighted by molar-refractivity contribution is 9.10. The molecule has 0 bridgehead atoms. The molecule has 0 atom stereocenters. The van der Waals surface area contributed by atoms with Crippen molar-refractivity contribution in [2.75, 3.05) is 19.5 Å². The Balaban J connectivity index is 2.35. The summed E-state index contributed by atoms with van der Waals surface area (Å²) in [7, 11) is 2.77. The lowest BCUT2D eigenvalue weighted by Crippen LogP contribution is -2.16. The minimum Gasteiger partial charge on any atom is -0.497 e. The summed E-state index contributed by atoms with van der Waals surface area (Å²) < 4.78 is 10.5. The van der Waals surface area contributed by atoms with Gasteiger partial charge in [0.25, 0.3) is 5.91 Å². The van der Waals surface area contributed by atoms with Gasteiger partial charge in [0.1, 0.15) is 5.75 Å². The molecule has 1 N–H and O–H groups in total. The van der Waals surface area contributed by atoms with E-state index in [0.29, 0.717) is 21.5 Å². The number of rotatable bonds is 4. The minimum atomic E-state index is -0.554. The van der Waals surface area contributed by atoms with Gasteiger partial charge in [0.05, 0.1) is 31.0 Å². The van der Waals surface area contributed by atoms with Gasteiger partial charge in [-0.25, -0.2) is 4.79 Å². The Morgan fingerprint density at radius 3 is 2.41 bits per heavy atom. The van der Waals surface area contributed by atoms with Crippen LogP contribution in [0.15, 0.2) is 46.9 Å². The number of hydrogen-bond acceptors (Lipinski definition) is 4. The molecule has 0 fully saturated rings. The van der Waals surface area contributed by atoms with Crippen LogP contribution in [0.4, 0.5) is 5.69 Å². The van der Waals surface area contributed by atoms with Gasteiger partial charge in [-0.15, -0.1) is 0 Å². The lowest BCUT2D eigenvalue weighted by Gasteiger charge is -2.12. The highest BCUT2D eigenvalue weighted by atomic mass is 79.9. The van der Waals surface area contributed by atoms with Gasteiger partial charge in [-0.3, -0.25) is 4.79 Å². The van der Waals surface area contributed by atoms with Gasteiger partial charge in [-0.05, 0) is 46.3 Å². The van der Waals surface area contributed by atoms with Crippen LogP contribution >= 0.6 is 15.9 Å². The van der Waals surface area contributed by atoms with Gasteiger partial charge in [0.15, 0.2) is 0 Å². The SMILES string of the molecule is COC(=O)c1cc(OC)ccc1NC(=O)c1ccccc1Br. The predicted molar refractivity (Wildman–Crippen MR) is 86.4 cm³/mol. The Kier molecular flexibility index (Phi) is 5.16. The molecule has 0 unspecified atom stereocenters. The summed E-state index contributed by atoms with van der Waals surface area (Å²) in [5.41, 5.74) is 1.05. The van der Waals surface area contributed by atoms with Crippen molar-refractivity contribution >= 4 is 33.5 Å². The van der Waals surface area contributed by atoms with Crippen LogP contribution in [0.1, 0.15) is 20.7 Å². The summed E-state index contributed by atoms with van der Waals surface area (Å²) >= 11 is 3.32. The summed E-state index contributed by atoms with van der Waals surface area (Å²) in [4.78, 5) is 24.2. The number of carbonyl (C=O) groups excluding carboxylic acids is 2. The van der Waals surface area contributed by atoms with Gasteiger partial charge in [-0.1, -0.05) is 12.1 Å². The second-order valence-electron chi connectivity index (χ2n) is 4.34. The molecule has 0 heterocycles. The average Bonchev–Trinajstić information content (AvgIpc) is 2.54. The van der Waals surface area contributed by atoms with Gasteiger partial charge in [-0.2, -0.15) is 0 Å². The lowest BCUT2D eigenvalue weighted by molar-refractivity contribution is 0.0601. The molecule has 0 aliphatic carbocycles. The first-order chi connectivity index (χ1) is 10.6. The van der Waals surface area contributed by atoms with E-state index in [2.05, 4.69) is 21.2 Å². The van der Waals surface area contributed by atoms with Crippen molar-refractivity contribution in [2.45, 2.75) is 0 Å². The van der Waals surface area contributed by atoms with E-state index in [0.717, 1.165) is 0 Å². The van der Waals surface area contributed by atoms with Gasteiger partial charge in [0, 0.05) is 4.47 Å². The van der Waals surface area contributed by atoms with Gasteiger partial charge >= 0.3 is 5.97 Å². The molecule has 0 saturated carbocycles. The number of esters is 1. The molecule has 0 aliphatic rings. The summed E-state index contributed by atoms with van der Waals surface area (Å²) in [5, 5.41) is 2.71. The molecule has 114 valence electrons. The second kappa shape index (κ2) is 7.09. The van der Waals surface area contributed by atoms with Crippen LogP contribution in [0.5, 0.6) is 5.75 Å². The van der Waals surface area contributed by atoms with Crippen molar-refractivity contribution in [3.8, 4) is 5.75 Å². The maximum absolute atomic E-state index is 12.3. The third kappa shape index (κ3) is 3.46. The molecule has 2 rings (SSSR count). The Labute approximate surface area is 136 Å². The number of halogens is 1. The van der Waals surface area contributed by atoms with Crippen molar-refractivity contribution in [1.29, 1.82) is 0 Å². The Morgan fingerprint density at radius 1 is 1.05 bits per heavy atom.